The largest absolute Gasteiger partial charge is 0.380 e. The van der Waals surface area contributed by atoms with Crippen molar-refractivity contribution >= 4 is 29.9 Å². The Morgan fingerprint density at radius 1 is 1.26 bits per heavy atom. The van der Waals surface area contributed by atoms with Crippen molar-refractivity contribution in [3.63, 3.8) is 0 Å². The summed E-state index contributed by atoms with van der Waals surface area (Å²) in [5.41, 5.74) is 1.55. The summed E-state index contributed by atoms with van der Waals surface area (Å²) in [6.07, 6.45) is 0. The fourth-order valence-corrected chi connectivity index (χ4v) is 2.52. The van der Waals surface area contributed by atoms with E-state index >= 15 is 0 Å². The Bertz CT molecular complexity index is 488. The summed E-state index contributed by atoms with van der Waals surface area (Å²) < 4.78 is 5.30. The van der Waals surface area contributed by atoms with Crippen LogP contribution in [0.3, 0.4) is 0 Å². The minimum absolute atomic E-state index is 0. The fraction of sp³-hybridized carbons (Fsp3) is 0.611. The van der Waals surface area contributed by atoms with E-state index in [1.54, 1.807) is 0 Å². The molecule has 1 aliphatic rings. The highest BCUT2D eigenvalue weighted by atomic mass is 127. The van der Waals surface area contributed by atoms with E-state index in [-0.39, 0.29) is 29.4 Å². The molecule has 0 spiro atoms. The maximum Gasteiger partial charge on any atom is 0.191 e. The predicted octanol–water partition coefficient (Wildman–Crippen LogP) is 3.39. The molecule has 4 nitrogen and oxygen atoms in total. The van der Waals surface area contributed by atoms with Crippen molar-refractivity contribution in [2.75, 3.05) is 26.3 Å². The maximum atomic E-state index is 5.30. The molecule has 1 fully saturated rings. The average Bonchev–Trinajstić information content (AvgIpc) is 2.51. The quantitative estimate of drug-likeness (QED) is 0.413. The van der Waals surface area contributed by atoms with Crippen LogP contribution in [0.25, 0.3) is 0 Å². The number of halogens is 1. The minimum Gasteiger partial charge on any atom is -0.380 e. The summed E-state index contributed by atoms with van der Waals surface area (Å²) in [4.78, 5) is 4.74. The first-order valence-corrected chi connectivity index (χ1v) is 8.21. The van der Waals surface area contributed by atoms with Gasteiger partial charge in [0.15, 0.2) is 5.96 Å². The summed E-state index contributed by atoms with van der Waals surface area (Å²) >= 11 is 0. The monoisotopic (exact) mass is 431 g/mol. The number of benzene rings is 1. The zero-order valence-electron chi connectivity index (χ0n) is 14.6. The van der Waals surface area contributed by atoms with Crippen LogP contribution in [0.2, 0.25) is 0 Å². The maximum absolute atomic E-state index is 5.30. The normalized spacial score (nSPS) is 19.0. The van der Waals surface area contributed by atoms with Gasteiger partial charge in [0, 0.05) is 23.9 Å². The molecule has 1 aliphatic heterocycles. The third-order valence-electron chi connectivity index (χ3n) is 4.30. The summed E-state index contributed by atoms with van der Waals surface area (Å²) in [5, 5.41) is 6.87. The molecule has 1 heterocycles. The van der Waals surface area contributed by atoms with Crippen molar-refractivity contribution in [2.45, 2.75) is 39.7 Å². The highest BCUT2D eigenvalue weighted by Gasteiger charge is 2.33. The standard InChI is InChI=1S/C18H29N3O.HI/c1-5-19-17(20-11-18(4)12-22-13-18)21-15(3)14(2)16-9-7-6-8-10-16;/h6-10,14-15H,5,11-13H2,1-4H3,(H2,19,20,21);1H. The van der Waals surface area contributed by atoms with Crippen molar-refractivity contribution < 1.29 is 4.74 Å². The Labute approximate surface area is 157 Å². The molecule has 2 N–H and O–H groups in total. The smallest absolute Gasteiger partial charge is 0.191 e. The first kappa shape index (κ1) is 20.2. The second kappa shape index (κ2) is 9.47. The second-order valence-electron chi connectivity index (χ2n) is 6.63. The van der Waals surface area contributed by atoms with Gasteiger partial charge in [-0.15, -0.1) is 24.0 Å². The summed E-state index contributed by atoms with van der Waals surface area (Å²) in [6, 6.07) is 10.9. The molecule has 5 heteroatoms. The van der Waals surface area contributed by atoms with E-state index < -0.39 is 0 Å². The van der Waals surface area contributed by atoms with Gasteiger partial charge in [0.05, 0.1) is 19.8 Å². The number of hydrogen-bond acceptors (Lipinski definition) is 2. The van der Waals surface area contributed by atoms with Gasteiger partial charge in [0.25, 0.3) is 0 Å². The van der Waals surface area contributed by atoms with Crippen LogP contribution in [0.4, 0.5) is 0 Å². The highest BCUT2D eigenvalue weighted by molar-refractivity contribution is 14.0. The van der Waals surface area contributed by atoms with Crippen LogP contribution >= 0.6 is 24.0 Å². The molecule has 130 valence electrons. The van der Waals surface area contributed by atoms with Gasteiger partial charge in [0.2, 0.25) is 0 Å². The molecule has 0 aliphatic carbocycles. The van der Waals surface area contributed by atoms with Crippen molar-refractivity contribution in [1.29, 1.82) is 0 Å². The molecule has 1 aromatic rings. The number of guanidine groups is 1. The molecule has 0 saturated carbocycles. The van der Waals surface area contributed by atoms with E-state index in [0.29, 0.717) is 12.0 Å². The molecule has 0 bridgehead atoms. The van der Waals surface area contributed by atoms with Gasteiger partial charge in [0.1, 0.15) is 0 Å². The Balaban J connectivity index is 0.00000264. The van der Waals surface area contributed by atoms with Gasteiger partial charge in [-0.1, -0.05) is 44.2 Å². The Kier molecular flexibility index (Phi) is 8.33. The molecule has 2 atom stereocenters. The van der Waals surface area contributed by atoms with Crippen LogP contribution in [0.5, 0.6) is 0 Å². The number of rotatable bonds is 6. The van der Waals surface area contributed by atoms with Crippen LogP contribution < -0.4 is 10.6 Å². The Morgan fingerprint density at radius 2 is 1.91 bits per heavy atom. The summed E-state index contributed by atoms with van der Waals surface area (Å²) in [7, 11) is 0. The fourth-order valence-electron chi connectivity index (χ4n) is 2.52. The van der Waals surface area contributed by atoms with Crippen LogP contribution in [-0.2, 0) is 4.74 Å². The van der Waals surface area contributed by atoms with Gasteiger partial charge in [-0.3, -0.25) is 4.99 Å². The number of nitrogens with one attached hydrogen (secondary N) is 2. The molecular formula is C18H30IN3O. The first-order chi connectivity index (χ1) is 10.5. The number of aliphatic imine (C=N–C) groups is 1. The van der Waals surface area contributed by atoms with E-state index in [4.69, 9.17) is 9.73 Å². The van der Waals surface area contributed by atoms with Crippen molar-refractivity contribution in [1.82, 2.24) is 10.6 Å². The summed E-state index contributed by atoms with van der Waals surface area (Å²) in [6.45, 7) is 12.1. The molecule has 0 amide bonds. The zero-order valence-corrected chi connectivity index (χ0v) is 17.0. The molecule has 2 rings (SSSR count). The van der Waals surface area contributed by atoms with Gasteiger partial charge in [-0.2, -0.15) is 0 Å². The topological polar surface area (TPSA) is 45.7 Å². The Hall–Kier alpha value is -0.820. The van der Waals surface area contributed by atoms with Crippen molar-refractivity contribution in [3.05, 3.63) is 35.9 Å². The van der Waals surface area contributed by atoms with Crippen LogP contribution in [0.1, 0.15) is 39.2 Å². The van der Waals surface area contributed by atoms with E-state index in [1.807, 2.05) is 0 Å². The molecule has 0 radical (unpaired) electrons. The highest BCUT2D eigenvalue weighted by Crippen LogP contribution is 2.26. The van der Waals surface area contributed by atoms with Crippen molar-refractivity contribution in [2.24, 2.45) is 10.4 Å². The van der Waals surface area contributed by atoms with E-state index in [9.17, 15) is 0 Å². The van der Waals surface area contributed by atoms with Gasteiger partial charge < -0.3 is 15.4 Å². The van der Waals surface area contributed by atoms with E-state index in [0.717, 1.165) is 32.3 Å². The molecule has 23 heavy (non-hydrogen) atoms. The molecule has 1 saturated heterocycles. The van der Waals surface area contributed by atoms with Crippen molar-refractivity contribution in [3.8, 4) is 0 Å². The van der Waals surface area contributed by atoms with Gasteiger partial charge in [-0.25, -0.2) is 0 Å². The molecular weight excluding hydrogens is 401 g/mol. The Morgan fingerprint density at radius 3 is 2.43 bits per heavy atom. The lowest BCUT2D eigenvalue weighted by Crippen LogP contribution is -2.47. The second-order valence-corrected chi connectivity index (χ2v) is 6.63. The summed E-state index contributed by atoms with van der Waals surface area (Å²) in [5.74, 6) is 1.32. The predicted molar refractivity (Wildman–Crippen MR) is 108 cm³/mol. The number of ether oxygens (including phenoxy) is 1. The van der Waals surface area contributed by atoms with Crippen LogP contribution in [-0.4, -0.2) is 38.3 Å². The average molecular weight is 431 g/mol. The lowest BCUT2D eigenvalue weighted by Gasteiger charge is -2.36. The molecule has 0 aromatic heterocycles. The molecule has 1 aromatic carbocycles. The SMILES string of the molecule is CCNC(=NCC1(C)COC1)NC(C)C(C)c1ccccc1.I. The molecule has 2 unspecified atom stereocenters. The van der Waals surface area contributed by atoms with Crippen LogP contribution in [0.15, 0.2) is 35.3 Å². The third-order valence-corrected chi connectivity index (χ3v) is 4.30. The minimum atomic E-state index is 0. The van der Waals surface area contributed by atoms with Gasteiger partial charge in [-0.05, 0) is 19.4 Å². The lowest BCUT2D eigenvalue weighted by atomic mass is 9.89. The first-order valence-electron chi connectivity index (χ1n) is 8.21. The number of hydrogen-bond donors (Lipinski definition) is 2. The van der Waals surface area contributed by atoms with Gasteiger partial charge >= 0.3 is 0 Å². The zero-order chi connectivity index (χ0) is 16.0. The lowest BCUT2D eigenvalue weighted by molar-refractivity contribution is -0.0945. The third kappa shape index (κ3) is 5.95. The van der Waals surface area contributed by atoms with E-state index in [1.165, 1.54) is 5.56 Å². The number of nitrogens with zero attached hydrogens (tertiary/aromatic N) is 1. The van der Waals surface area contributed by atoms with E-state index in [2.05, 4.69) is 68.7 Å². The van der Waals surface area contributed by atoms with Crippen LogP contribution in [0, 0.1) is 5.41 Å².